The lowest BCUT2D eigenvalue weighted by Gasteiger charge is -2.49. The minimum atomic E-state index is -0.672. The number of thioether (sulfide) groups is 1. The van der Waals surface area contributed by atoms with E-state index in [0.717, 1.165) is 23.8 Å². The number of anilines is 1. The van der Waals surface area contributed by atoms with Gasteiger partial charge >= 0.3 is 0 Å². The van der Waals surface area contributed by atoms with Crippen molar-refractivity contribution >= 4 is 63.4 Å². The van der Waals surface area contributed by atoms with Gasteiger partial charge in [0, 0.05) is 24.4 Å². The molecule has 3 aliphatic rings. The molecule has 4 heterocycles. The Morgan fingerprint density at radius 1 is 1.18 bits per heavy atom. The Balaban J connectivity index is 1.33. The molecule has 5 rings (SSSR count). The van der Waals surface area contributed by atoms with Gasteiger partial charge in [0.1, 0.15) is 22.1 Å². The molecule has 1 N–H and O–H groups in total. The van der Waals surface area contributed by atoms with Gasteiger partial charge in [-0.15, -0.1) is 22.0 Å². The minimum Gasteiger partial charge on any atom is -0.378 e. The Bertz CT molecular complexity index is 1120. The summed E-state index contributed by atoms with van der Waals surface area (Å²) in [6, 6.07) is 8.67. The van der Waals surface area contributed by atoms with Crippen molar-refractivity contribution in [2.45, 2.75) is 17.8 Å². The number of hydrogen-bond acceptors (Lipinski definition) is 9. The monoisotopic (exact) mass is 503 g/mol. The second-order valence-electron chi connectivity index (χ2n) is 7.74. The molecule has 0 spiro atoms. The van der Waals surface area contributed by atoms with Crippen molar-refractivity contribution in [3.8, 4) is 0 Å². The van der Waals surface area contributed by atoms with Crippen LogP contribution in [0, 0.1) is 0 Å². The van der Waals surface area contributed by atoms with Gasteiger partial charge in [-0.25, -0.2) is 0 Å². The summed E-state index contributed by atoms with van der Waals surface area (Å²) in [6.45, 7) is 2.74. The van der Waals surface area contributed by atoms with E-state index < -0.39 is 11.2 Å². The first-order valence-corrected chi connectivity index (χ1v) is 12.7. The molecule has 0 aliphatic carbocycles. The highest BCUT2D eigenvalue weighted by Gasteiger charge is 2.54. The summed E-state index contributed by atoms with van der Waals surface area (Å²) in [5.41, 5.74) is 1.75. The van der Waals surface area contributed by atoms with E-state index in [4.69, 9.17) is 4.74 Å². The maximum atomic E-state index is 13.0. The molecule has 9 nitrogen and oxygen atoms in total. The summed E-state index contributed by atoms with van der Waals surface area (Å²) in [5.74, 6) is -0.0761. The fraction of sp³-hybridized carbons (Fsp3) is 0.381. The van der Waals surface area contributed by atoms with Crippen molar-refractivity contribution in [2.75, 3.05) is 37.0 Å². The average molecular weight is 504 g/mol. The molecule has 1 aromatic heterocycles. The molecule has 2 atom stereocenters. The molecule has 2 saturated heterocycles. The zero-order valence-corrected chi connectivity index (χ0v) is 20.0. The summed E-state index contributed by atoms with van der Waals surface area (Å²) in [4.78, 5) is 41.4. The lowest BCUT2D eigenvalue weighted by molar-refractivity contribution is -0.146. The third-order valence-corrected chi connectivity index (χ3v) is 8.18. The molecule has 2 amide bonds. The van der Waals surface area contributed by atoms with Crippen LogP contribution >= 0.6 is 35.7 Å². The number of fused-ring (bicyclic) bond motifs is 1. The Labute approximate surface area is 204 Å². The summed E-state index contributed by atoms with van der Waals surface area (Å²) >= 11 is 6.93. The van der Waals surface area contributed by atoms with E-state index in [0.29, 0.717) is 29.5 Å². The first kappa shape index (κ1) is 22.4. The number of thiol groups is 1. The van der Waals surface area contributed by atoms with Crippen LogP contribution in [0.3, 0.4) is 0 Å². The molecule has 12 heteroatoms. The van der Waals surface area contributed by atoms with Crippen LogP contribution in [0.15, 0.2) is 36.0 Å². The molecule has 2 fully saturated rings. The number of carbonyl (C=O) groups is 3. The Hall–Kier alpha value is -2.41. The number of carbonyl (C=O) groups excluding carboxylic acids is 3. The van der Waals surface area contributed by atoms with Crippen LogP contribution in [0.1, 0.15) is 10.6 Å². The van der Waals surface area contributed by atoms with Gasteiger partial charge in [0.2, 0.25) is 16.2 Å². The van der Waals surface area contributed by atoms with E-state index in [-0.39, 0.29) is 29.3 Å². The fourth-order valence-electron chi connectivity index (χ4n) is 4.01. The van der Waals surface area contributed by atoms with E-state index in [1.54, 1.807) is 0 Å². The van der Waals surface area contributed by atoms with Crippen LogP contribution in [0.5, 0.6) is 0 Å². The van der Waals surface area contributed by atoms with Crippen molar-refractivity contribution in [3.63, 3.8) is 0 Å². The minimum absolute atomic E-state index is 0.191. The molecule has 0 saturated carbocycles. The summed E-state index contributed by atoms with van der Waals surface area (Å²) in [7, 11) is 0. The van der Waals surface area contributed by atoms with Gasteiger partial charge in [-0.2, -0.15) is 0 Å². The van der Waals surface area contributed by atoms with E-state index in [1.165, 1.54) is 28.0 Å². The van der Waals surface area contributed by atoms with Crippen molar-refractivity contribution < 1.29 is 19.1 Å². The standard InChI is InChI=1S/C21H21N5O4S3/c27-14(10-12-4-2-1-3-5-12)22-15-18(28)26-16(20(29)31)13(11-32-19(15)26)17-23-24-21(33-17)25-6-8-30-9-7-25/h1-5,15,19H,6-11H2,(H,22,27)(H,29,31)/t15-,19-/m1/s1. The quantitative estimate of drug-likeness (QED) is 0.448. The van der Waals surface area contributed by atoms with Crippen LogP contribution in [-0.4, -0.2) is 75.5 Å². The van der Waals surface area contributed by atoms with E-state index >= 15 is 0 Å². The maximum Gasteiger partial charge on any atom is 0.253 e. The fourth-order valence-corrected chi connectivity index (χ4v) is 6.63. The van der Waals surface area contributed by atoms with Crippen LogP contribution < -0.4 is 10.2 Å². The van der Waals surface area contributed by atoms with Crippen molar-refractivity contribution in [3.05, 3.63) is 46.6 Å². The maximum absolute atomic E-state index is 13.0. The first-order chi connectivity index (χ1) is 16.0. The van der Waals surface area contributed by atoms with Crippen LogP contribution in [0.25, 0.3) is 5.57 Å². The van der Waals surface area contributed by atoms with Gasteiger partial charge < -0.3 is 15.0 Å². The smallest absolute Gasteiger partial charge is 0.253 e. The van der Waals surface area contributed by atoms with Crippen LogP contribution in [-0.2, 0) is 25.5 Å². The van der Waals surface area contributed by atoms with Crippen molar-refractivity contribution in [1.29, 1.82) is 0 Å². The Morgan fingerprint density at radius 2 is 1.94 bits per heavy atom. The zero-order valence-electron chi connectivity index (χ0n) is 17.5. The van der Waals surface area contributed by atoms with E-state index in [1.807, 2.05) is 30.3 Å². The van der Waals surface area contributed by atoms with Crippen LogP contribution in [0.2, 0.25) is 0 Å². The highest BCUT2D eigenvalue weighted by molar-refractivity contribution is 8.00. The molecule has 172 valence electrons. The molecule has 1 aromatic carbocycles. The van der Waals surface area contributed by atoms with Gasteiger partial charge in [0.15, 0.2) is 0 Å². The summed E-state index contributed by atoms with van der Waals surface area (Å²) in [5, 5.41) is 11.9. The lowest BCUT2D eigenvalue weighted by atomic mass is 10.0. The number of nitrogens with one attached hydrogen (secondary N) is 1. The SMILES string of the molecule is O=C(Cc1ccccc1)N[C@@H]1C(=O)N2C(C(=O)S)=C(c3nnc(N4CCOCC4)s3)CS[C@H]12. The third kappa shape index (κ3) is 4.39. The van der Waals surface area contributed by atoms with Gasteiger partial charge in [0.25, 0.3) is 5.91 Å². The highest BCUT2D eigenvalue weighted by atomic mass is 32.2. The van der Waals surface area contributed by atoms with Crippen molar-refractivity contribution in [2.24, 2.45) is 0 Å². The predicted molar refractivity (Wildman–Crippen MR) is 129 cm³/mol. The normalized spacial score (nSPS) is 22.6. The summed E-state index contributed by atoms with van der Waals surface area (Å²) in [6.07, 6.45) is 0.191. The topological polar surface area (TPSA) is 105 Å². The molecule has 0 radical (unpaired) electrons. The van der Waals surface area contributed by atoms with Crippen molar-refractivity contribution in [1.82, 2.24) is 20.4 Å². The van der Waals surface area contributed by atoms with Crippen LogP contribution in [0.4, 0.5) is 5.13 Å². The molecular formula is C21H21N5O4S3. The molecular weight excluding hydrogens is 482 g/mol. The number of morpholine rings is 1. The first-order valence-electron chi connectivity index (χ1n) is 10.4. The molecule has 3 aliphatic heterocycles. The zero-order chi connectivity index (χ0) is 22.9. The largest absolute Gasteiger partial charge is 0.378 e. The average Bonchev–Trinajstić information content (AvgIpc) is 3.33. The summed E-state index contributed by atoms with van der Waals surface area (Å²) < 4.78 is 5.38. The number of ether oxygens (including phenoxy) is 1. The van der Waals surface area contributed by atoms with E-state index in [2.05, 4.69) is 33.0 Å². The number of β-lactam (4-membered cyclic amide) rings is 1. The Kier molecular flexibility index (Phi) is 6.41. The molecule has 2 aromatic rings. The van der Waals surface area contributed by atoms with Gasteiger partial charge in [-0.05, 0) is 5.56 Å². The Morgan fingerprint density at radius 3 is 2.67 bits per heavy atom. The van der Waals surface area contributed by atoms with E-state index in [9.17, 15) is 14.4 Å². The van der Waals surface area contributed by atoms with Gasteiger partial charge in [-0.3, -0.25) is 19.3 Å². The molecule has 0 bridgehead atoms. The second-order valence-corrected chi connectivity index (χ2v) is 10.2. The molecule has 33 heavy (non-hydrogen) atoms. The molecule has 0 unspecified atom stereocenters. The highest BCUT2D eigenvalue weighted by Crippen LogP contribution is 2.44. The van der Waals surface area contributed by atoms with Gasteiger partial charge in [-0.1, -0.05) is 54.3 Å². The number of rotatable bonds is 6. The number of aromatic nitrogens is 2. The number of hydrogen-bond donors (Lipinski definition) is 2. The third-order valence-electron chi connectivity index (χ3n) is 5.65. The predicted octanol–water partition coefficient (Wildman–Crippen LogP) is 1.18. The number of nitrogens with zero attached hydrogens (tertiary/aromatic N) is 4. The van der Waals surface area contributed by atoms with Gasteiger partial charge in [0.05, 0.1) is 19.6 Å². The lowest BCUT2D eigenvalue weighted by Crippen LogP contribution is -2.70. The number of benzene rings is 1. The second kappa shape index (κ2) is 9.45. The number of amides is 2.